The molecule has 0 spiro atoms. The highest BCUT2D eigenvalue weighted by Gasteiger charge is 2.30. The number of hydrogen-bond donors (Lipinski definition) is 2. The fourth-order valence-corrected chi connectivity index (χ4v) is 2.42. The lowest BCUT2D eigenvalue weighted by atomic mass is 10.1. The lowest BCUT2D eigenvalue weighted by Crippen LogP contribution is -2.10. The van der Waals surface area contributed by atoms with Crippen LogP contribution in [0.2, 0.25) is 0 Å². The van der Waals surface area contributed by atoms with Crippen LogP contribution in [0.4, 0.5) is 10.1 Å². The van der Waals surface area contributed by atoms with Crippen LogP contribution in [-0.2, 0) is 4.79 Å². The van der Waals surface area contributed by atoms with Gasteiger partial charge in [0.05, 0.1) is 11.1 Å². The minimum atomic E-state index is -1.31. The third kappa shape index (κ3) is 1.77. The number of halogens is 1. The fraction of sp³-hybridized carbons (Fsp3) is 0.0909. The van der Waals surface area contributed by atoms with Crippen molar-refractivity contribution in [3.8, 4) is 0 Å². The first-order valence-electron chi connectivity index (χ1n) is 5.05. The number of nitrogens with one attached hydrogen (secondary N) is 1. The molecular weight excluding hydrogens is 259 g/mol. The molecular formula is C11H7FN2O3S. The molecule has 0 fully saturated rings. The zero-order valence-corrected chi connectivity index (χ0v) is 9.70. The van der Waals surface area contributed by atoms with Crippen molar-refractivity contribution in [2.24, 2.45) is 0 Å². The molecule has 1 unspecified atom stereocenters. The van der Waals surface area contributed by atoms with Crippen LogP contribution < -0.4 is 5.32 Å². The highest BCUT2D eigenvalue weighted by molar-refractivity contribution is 7.99. The summed E-state index contributed by atoms with van der Waals surface area (Å²) in [6.07, 6.45) is 1.54. The Hall–Kier alpha value is -1.86. The van der Waals surface area contributed by atoms with Crippen molar-refractivity contribution in [1.82, 2.24) is 4.98 Å². The van der Waals surface area contributed by atoms with Crippen molar-refractivity contribution in [3.05, 3.63) is 36.0 Å². The lowest BCUT2D eigenvalue weighted by Gasteiger charge is -2.04. The molecule has 1 aliphatic rings. The molecule has 18 heavy (non-hydrogen) atoms. The summed E-state index contributed by atoms with van der Waals surface area (Å²) in [6.45, 7) is 0. The van der Waals surface area contributed by atoms with E-state index in [2.05, 4.69) is 10.3 Å². The SMILES string of the molecule is O=C1Nc2cc(Sc3ncco3)c(F)cc2C1O. The topological polar surface area (TPSA) is 75.4 Å². The van der Waals surface area contributed by atoms with Crippen LogP contribution in [0.5, 0.6) is 0 Å². The van der Waals surface area contributed by atoms with E-state index in [4.69, 9.17) is 4.42 Å². The number of fused-ring (bicyclic) bond motifs is 1. The van der Waals surface area contributed by atoms with Crippen molar-refractivity contribution in [1.29, 1.82) is 0 Å². The summed E-state index contributed by atoms with van der Waals surface area (Å²) < 4.78 is 18.8. The van der Waals surface area contributed by atoms with Crippen LogP contribution in [0.25, 0.3) is 0 Å². The highest BCUT2D eigenvalue weighted by atomic mass is 32.2. The van der Waals surface area contributed by atoms with Crippen molar-refractivity contribution in [2.45, 2.75) is 16.2 Å². The van der Waals surface area contributed by atoms with Gasteiger partial charge in [-0.1, -0.05) is 0 Å². The van der Waals surface area contributed by atoms with E-state index in [1.54, 1.807) is 0 Å². The van der Waals surface area contributed by atoms with Gasteiger partial charge in [-0.25, -0.2) is 9.37 Å². The predicted octanol–water partition coefficient (Wildman–Crippen LogP) is 1.95. The number of nitrogens with zero attached hydrogens (tertiary/aromatic N) is 1. The first-order chi connectivity index (χ1) is 8.65. The van der Waals surface area contributed by atoms with Crippen LogP contribution in [0, 0.1) is 5.82 Å². The molecule has 1 aromatic heterocycles. The molecule has 1 aliphatic heterocycles. The van der Waals surface area contributed by atoms with Crippen LogP contribution in [-0.4, -0.2) is 16.0 Å². The van der Waals surface area contributed by atoms with Gasteiger partial charge in [-0.3, -0.25) is 4.79 Å². The maximum Gasteiger partial charge on any atom is 0.260 e. The molecule has 2 heterocycles. The Labute approximate surface area is 105 Å². The molecule has 1 amide bonds. The van der Waals surface area contributed by atoms with E-state index in [1.807, 2.05) is 0 Å². The molecule has 5 nitrogen and oxygen atoms in total. The summed E-state index contributed by atoms with van der Waals surface area (Å²) in [5.74, 6) is -1.09. The Balaban J connectivity index is 1.98. The van der Waals surface area contributed by atoms with E-state index >= 15 is 0 Å². The smallest absolute Gasteiger partial charge is 0.260 e. The second kappa shape index (κ2) is 4.11. The number of hydrogen-bond acceptors (Lipinski definition) is 5. The summed E-state index contributed by atoms with van der Waals surface area (Å²) in [5.41, 5.74) is 0.650. The molecule has 2 N–H and O–H groups in total. The van der Waals surface area contributed by atoms with E-state index in [1.165, 1.54) is 18.5 Å². The highest BCUT2D eigenvalue weighted by Crippen LogP contribution is 2.37. The Morgan fingerprint density at radius 1 is 1.50 bits per heavy atom. The number of aromatic nitrogens is 1. The van der Waals surface area contributed by atoms with Gasteiger partial charge < -0.3 is 14.8 Å². The predicted molar refractivity (Wildman–Crippen MR) is 60.6 cm³/mol. The normalized spacial score (nSPS) is 17.7. The molecule has 0 aliphatic carbocycles. The van der Waals surface area contributed by atoms with Gasteiger partial charge in [0.25, 0.3) is 11.1 Å². The standard InChI is InChI=1S/C11H7FN2O3S/c12-6-3-5-7(14-10(16)9(5)15)4-8(6)18-11-13-1-2-17-11/h1-4,9,15H,(H,14,16). The summed E-state index contributed by atoms with van der Waals surface area (Å²) in [4.78, 5) is 15.4. The molecule has 0 saturated heterocycles. The van der Waals surface area contributed by atoms with Gasteiger partial charge in [0.2, 0.25) is 0 Å². The van der Waals surface area contributed by atoms with Gasteiger partial charge >= 0.3 is 0 Å². The van der Waals surface area contributed by atoms with E-state index in [-0.39, 0.29) is 10.5 Å². The minimum absolute atomic E-state index is 0.245. The second-order valence-corrected chi connectivity index (χ2v) is 4.65. The van der Waals surface area contributed by atoms with E-state index in [9.17, 15) is 14.3 Å². The summed E-state index contributed by atoms with van der Waals surface area (Å²) in [6, 6.07) is 2.59. The van der Waals surface area contributed by atoms with Gasteiger partial charge in [0, 0.05) is 11.3 Å². The molecule has 7 heteroatoms. The first kappa shape index (κ1) is 11.2. The maximum absolute atomic E-state index is 13.8. The number of aliphatic hydroxyl groups is 1. The zero-order chi connectivity index (χ0) is 12.7. The molecule has 0 radical (unpaired) electrons. The third-order valence-electron chi connectivity index (χ3n) is 2.51. The van der Waals surface area contributed by atoms with Crippen molar-refractivity contribution >= 4 is 23.4 Å². The van der Waals surface area contributed by atoms with Crippen LogP contribution in [0.3, 0.4) is 0 Å². The average Bonchev–Trinajstić information content (AvgIpc) is 2.92. The van der Waals surface area contributed by atoms with Gasteiger partial charge in [0.1, 0.15) is 12.1 Å². The molecule has 2 aromatic rings. The molecule has 0 bridgehead atoms. The molecule has 3 rings (SSSR count). The molecule has 1 atom stereocenters. The average molecular weight is 266 g/mol. The summed E-state index contributed by atoms with van der Waals surface area (Å²) >= 11 is 1.00. The van der Waals surface area contributed by atoms with Gasteiger partial charge in [0.15, 0.2) is 6.10 Å². The second-order valence-electron chi connectivity index (χ2n) is 3.66. The van der Waals surface area contributed by atoms with Gasteiger partial charge in [-0.2, -0.15) is 0 Å². The van der Waals surface area contributed by atoms with Gasteiger partial charge in [-0.15, -0.1) is 0 Å². The number of rotatable bonds is 2. The Bertz CT molecular complexity index is 615. The largest absolute Gasteiger partial charge is 0.440 e. The number of anilines is 1. The third-order valence-corrected chi connectivity index (χ3v) is 3.42. The Morgan fingerprint density at radius 3 is 3.06 bits per heavy atom. The van der Waals surface area contributed by atoms with E-state index in [0.717, 1.165) is 17.8 Å². The maximum atomic E-state index is 13.8. The summed E-state index contributed by atoms with van der Waals surface area (Å²) in [5, 5.41) is 12.3. The minimum Gasteiger partial charge on any atom is -0.440 e. The summed E-state index contributed by atoms with van der Waals surface area (Å²) in [7, 11) is 0. The quantitative estimate of drug-likeness (QED) is 0.869. The number of oxazole rings is 1. The van der Waals surface area contributed by atoms with Crippen molar-refractivity contribution in [2.75, 3.05) is 5.32 Å². The van der Waals surface area contributed by atoms with Crippen LogP contribution >= 0.6 is 11.8 Å². The van der Waals surface area contributed by atoms with E-state index in [0.29, 0.717) is 10.9 Å². The Kier molecular flexibility index (Phi) is 2.57. The first-order valence-corrected chi connectivity index (χ1v) is 5.86. The monoisotopic (exact) mass is 266 g/mol. The molecule has 0 saturated carbocycles. The van der Waals surface area contributed by atoms with Crippen LogP contribution in [0.15, 0.2) is 39.1 Å². The number of benzene rings is 1. The number of carbonyl (C=O) groups excluding carboxylic acids is 1. The van der Waals surface area contributed by atoms with Crippen molar-refractivity contribution < 1.29 is 18.7 Å². The number of aliphatic hydroxyl groups excluding tert-OH is 1. The fourth-order valence-electron chi connectivity index (χ4n) is 1.68. The lowest BCUT2D eigenvalue weighted by molar-refractivity contribution is -0.123. The molecule has 1 aromatic carbocycles. The number of amides is 1. The van der Waals surface area contributed by atoms with Gasteiger partial charge in [-0.05, 0) is 23.9 Å². The zero-order valence-electron chi connectivity index (χ0n) is 8.88. The van der Waals surface area contributed by atoms with E-state index < -0.39 is 17.8 Å². The van der Waals surface area contributed by atoms with Crippen LogP contribution in [0.1, 0.15) is 11.7 Å². The Morgan fingerprint density at radius 2 is 2.33 bits per heavy atom. The number of carbonyl (C=O) groups is 1. The van der Waals surface area contributed by atoms with Crippen molar-refractivity contribution in [3.63, 3.8) is 0 Å². The molecule has 92 valence electrons.